The maximum absolute atomic E-state index is 6.11. The van der Waals surface area contributed by atoms with Crippen LogP contribution in [0.2, 0.25) is 0 Å². The first kappa shape index (κ1) is 12.0. The highest BCUT2D eigenvalue weighted by Gasteiger charge is 2.10. The number of nitrogens with zero attached hydrogens (tertiary/aromatic N) is 1. The molecule has 0 spiro atoms. The Hall–Kier alpha value is -1.06. The average Bonchev–Trinajstić information content (AvgIpc) is 2.16. The Morgan fingerprint density at radius 3 is 2.53 bits per heavy atom. The molecule has 0 fully saturated rings. The number of nitrogens with two attached hydrogens (primary N) is 1. The van der Waals surface area contributed by atoms with Crippen molar-refractivity contribution in [1.29, 1.82) is 0 Å². The van der Waals surface area contributed by atoms with E-state index in [1.165, 1.54) is 11.1 Å². The topological polar surface area (TPSA) is 38.5 Å². The van der Waals surface area contributed by atoms with Crippen LogP contribution in [0.15, 0.2) is 18.2 Å². The van der Waals surface area contributed by atoms with Gasteiger partial charge in [-0.3, -0.25) is 0 Å². The summed E-state index contributed by atoms with van der Waals surface area (Å²) in [7, 11) is 5.73. The van der Waals surface area contributed by atoms with E-state index in [9.17, 15) is 0 Å². The molecule has 0 heterocycles. The molecule has 3 heteroatoms. The van der Waals surface area contributed by atoms with E-state index < -0.39 is 0 Å². The molecule has 0 saturated carbocycles. The van der Waals surface area contributed by atoms with Gasteiger partial charge in [-0.05, 0) is 44.3 Å². The predicted molar refractivity (Wildman–Crippen MR) is 63.2 cm³/mol. The molecule has 0 radical (unpaired) electrons. The van der Waals surface area contributed by atoms with Crippen molar-refractivity contribution in [1.82, 2.24) is 4.90 Å². The predicted octanol–water partition coefficient (Wildman–Crippen LogP) is 1.57. The van der Waals surface area contributed by atoms with Gasteiger partial charge in [0.25, 0.3) is 0 Å². The van der Waals surface area contributed by atoms with Gasteiger partial charge in [-0.15, -0.1) is 0 Å². The summed E-state index contributed by atoms with van der Waals surface area (Å²) >= 11 is 0. The van der Waals surface area contributed by atoms with Crippen LogP contribution in [0.25, 0.3) is 0 Å². The molecule has 0 aliphatic carbocycles. The normalized spacial score (nSPS) is 12.9. The van der Waals surface area contributed by atoms with Crippen LogP contribution >= 0.6 is 0 Å². The van der Waals surface area contributed by atoms with Gasteiger partial charge in [-0.2, -0.15) is 0 Å². The maximum atomic E-state index is 6.11. The molecule has 0 aromatic heterocycles. The fraction of sp³-hybridized carbons (Fsp3) is 0.500. The molecular weight excluding hydrogens is 188 g/mol. The molecule has 3 nitrogen and oxygen atoms in total. The lowest BCUT2D eigenvalue weighted by Crippen LogP contribution is -2.26. The number of ether oxygens (including phenoxy) is 1. The van der Waals surface area contributed by atoms with E-state index in [2.05, 4.69) is 11.8 Å². The van der Waals surface area contributed by atoms with E-state index in [4.69, 9.17) is 10.5 Å². The fourth-order valence-corrected chi connectivity index (χ4v) is 1.68. The molecule has 0 amide bonds. The van der Waals surface area contributed by atoms with Crippen LogP contribution in [-0.4, -0.2) is 32.6 Å². The van der Waals surface area contributed by atoms with Crippen LogP contribution in [0.4, 0.5) is 0 Å². The molecule has 0 saturated heterocycles. The lowest BCUT2D eigenvalue weighted by atomic mass is 10.0. The Morgan fingerprint density at radius 2 is 2.07 bits per heavy atom. The second-order valence-electron chi connectivity index (χ2n) is 4.09. The minimum atomic E-state index is 0.0610. The highest BCUT2D eigenvalue weighted by Crippen LogP contribution is 2.21. The third kappa shape index (κ3) is 3.22. The first-order valence-electron chi connectivity index (χ1n) is 5.09. The lowest BCUT2D eigenvalue weighted by Gasteiger charge is -2.19. The average molecular weight is 208 g/mol. The third-order valence-corrected chi connectivity index (χ3v) is 2.44. The summed E-state index contributed by atoms with van der Waals surface area (Å²) in [5.41, 5.74) is 8.47. The lowest BCUT2D eigenvalue weighted by molar-refractivity contribution is 0.375. The molecule has 1 aromatic rings. The molecule has 0 bridgehead atoms. The Labute approximate surface area is 91.8 Å². The van der Waals surface area contributed by atoms with Crippen molar-refractivity contribution in [2.45, 2.75) is 13.0 Å². The van der Waals surface area contributed by atoms with Gasteiger partial charge in [-0.1, -0.05) is 6.07 Å². The Bertz CT molecular complexity index is 323. The zero-order valence-corrected chi connectivity index (χ0v) is 9.95. The Morgan fingerprint density at radius 1 is 1.40 bits per heavy atom. The van der Waals surface area contributed by atoms with Crippen LogP contribution in [0.5, 0.6) is 5.75 Å². The molecular formula is C12H20N2O. The van der Waals surface area contributed by atoms with Crippen molar-refractivity contribution in [2.75, 3.05) is 27.7 Å². The Balaban J connectivity index is 2.85. The minimum absolute atomic E-state index is 0.0610. The number of hydrogen-bond donors (Lipinski definition) is 1. The zero-order valence-electron chi connectivity index (χ0n) is 9.95. The first-order valence-corrected chi connectivity index (χ1v) is 5.09. The van der Waals surface area contributed by atoms with Crippen molar-refractivity contribution in [3.63, 3.8) is 0 Å². The molecule has 0 aliphatic rings. The molecule has 84 valence electrons. The molecule has 1 aromatic carbocycles. The molecule has 1 atom stereocenters. The third-order valence-electron chi connectivity index (χ3n) is 2.44. The van der Waals surface area contributed by atoms with Gasteiger partial charge in [0.2, 0.25) is 0 Å². The summed E-state index contributed by atoms with van der Waals surface area (Å²) < 4.78 is 5.16. The van der Waals surface area contributed by atoms with Crippen molar-refractivity contribution in [2.24, 2.45) is 5.73 Å². The van der Waals surface area contributed by atoms with Gasteiger partial charge in [-0.25, -0.2) is 0 Å². The van der Waals surface area contributed by atoms with Crippen molar-refractivity contribution in [3.05, 3.63) is 29.3 Å². The summed E-state index contributed by atoms with van der Waals surface area (Å²) in [4.78, 5) is 2.09. The van der Waals surface area contributed by atoms with Crippen LogP contribution in [0.1, 0.15) is 17.2 Å². The second-order valence-corrected chi connectivity index (χ2v) is 4.09. The van der Waals surface area contributed by atoms with Crippen LogP contribution < -0.4 is 10.5 Å². The van der Waals surface area contributed by atoms with E-state index in [0.717, 1.165) is 12.3 Å². The Kier molecular flexibility index (Phi) is 4.12. The summed E-state index contributed by atoms with van der Waals surface area (Å²) in [5.74, 6) is 0.883. The van der Waals surface area contributed by atoms with Gasteiger partial charge >= 0.3 is 0 Å². The smallest absolute Gasteiger partial charge is 0.119 e. The molecule has 0 aliphatic heterocycles. The highest BCUT2D eigenvalue weighted by atomic mass is 16.5. The number of benzene rings is 1. The zero-order chi connectivity index (χ0) is 11.4. The van der Waals surface area contributed by atoms with E-state index in [1.807, 2.05) is 32.3 Å². The minimum Gasteiger partial charge on any atom is -0.497 e. The van der Waals surface area contributed by atoms with Crippen molar-refractivity contribution >= 4 is 0 Å². The quantitative estimate of drug-likeness (QED) is 0.816. The number of hydrogen-bond acceptors (Lipinski definition) is 3. The van der Waals surface area contributed by atoms with E-state index in [0.29, 0.717) is 0 Å². The molecule has 1 rings (SSSR count). The van der Waals surface area contributed by atoms with Gasteiger partial charge in [0.1, 0.15) is 5.75 Å². The van der Waals surface area contributed by atoms with Crippen LogP contribution in [0.3, 0.4) is 0 Å². The number of aryl methyl sites for hydroxylation is 1. The number of methoxy groups -OCH3 is 1. The van der Waals surface area contributed by atoms with Crippen LogP contribution in [0, 0.1) is 6.92 Å². The molecule has 1 unspecified atom stereocenters. The fourth-order valence-electron chi connectivity index (χ4n) is 1.68. The monoisotopic (exact) mass is 208 g/mol. The van der Waals surface area contributed by atoms with Gasteiger partial charge in [0, 0.05) is 12.6 Å². The van der Waals surface area contributed by atoms with Crippen molar-refractivity contribution < 1.29 is 4.74 Å². The van der Waals surface area contributed by atoms with Gasteiger partial charge in [0.05, 0.1) is 7.11 Å². The number of likely N-dealkylation sites (N-methyl/N-ethyl adjacent to an activating group) is 1. The summed E-state index contributed by atoms with van der Waals surface area (Å²) in [6.45, 7) is 2.92. The second kappa shape index (κ2) is 5.14. The summed E-state index contributed by atoms with van der Waals surface area (Å²) in [6.07, 6.45) is 0. The SMILES string of the molecule is COc1ccc(C(N)CN(C)C)c(C)c1. The first-order chi connectivity index (χ1) is 7.04. The highest BCUT2D eigenvalue weighted by molar-refractivity contribution is 5.36. The summed E-state index contributed by atoms with van der Waals surface area (Å²) in [6, 6.07) is 6.08. The molecule has 15 heavy (non-hydrogen) atoms. The number of rotatable bonds is 4. The molecule has 2 N–H and O–H groups in total. The largest absolute Gasteiger partial charge is 0.497 e. The van der Waals surface area contributed by atoms with Crippen molar-refractivity contribution in [3.8, 4) is 5.75 Å². The van der Waals surface area contributed by atoms with E-state index >= 15 is 0 Å². The van der Waals surface area contributed by atoms with Gasteiger partial charge < -0.3 is 15.4 Å². The van der Waals surface area contributed by atoms with E-state index in [-0.39, 0.29) is 6.04 Å². The summed E-state index contributed by atoms with van der Waals surface area (Å²) in [5, 5.41) is 0. The van der Waals surface area contributed by atoms with E-state index in [1.54, 1.807) is 7.11 Å². The van der Waals surface area contributed by atoms with Crippen LogP contribution in [-0.2, 0) is 0 Å². The van der Waals surface area contributed by atoms with Gasteiger partial charge in [0.15, 0.2) is 0 Å². The standard InChI is InChI=1S/C12H20N2O/c1-9-7-10(15-4)5-6-11(9)12(13)8-14(2)3/h5-7,12H,8,13H2,1-4H3. The maximum Gasteiger partial charge on any atom is 0.119 e.